The average Bonchev–Trinajstić information content (AvgIpc) is 2.55. The zero-order chi connectivity index (χ0) is 13.1. The van der Waals surface area contributed by atoms with E-state index in [9.17, 15) is 4.79 Å². The van der Waals surface area contributed by atoms with E-state index in [0.29, 0.717) is 12.8 Å². The van der Waals surface area contributed by atoms with Gasteiger partial charge in [0.25, 0.3) is 0 Å². The summed E-state index contributed by atoms with van der Waals surface area (Å²) in [5.74, 6) is 0.234. The lowest BCUT2D eigenvalue weighted by atomic mass is 9.97. The second-order valence-electron chi connectivity index (χ2n) is 5.30. The van der Waals surface area contributed by atoms with Crippen LogP contribution in [-0.2, 0) is 17.8 Å². The van der Waals surface area contributed by atoms with E-state index in [2.05, 4.69) is 5.10 Å². The molecule has 0 spiro atoms. The molecule has 1 rings (SSSR count). The Hall–Kier alpha value is -1.16. The highest BCUT2D eigenvalue weighted by molar-refractivity contribution is 5.80. The first kappa shape index (κ1) is 13.9. The Morgan fingerprint density at radius 1 is 1.53 bits per heavy atom. The fourth-order valence-corrected chi connectivity index (χ4v) is 1.77. The van der Waals surface area contributed by atoms with E-state index >= 15 is 0 Å². The summed E-state index contributed by atoms with van der Waals surface area (Å²) >= 11 is 0. The first-order chi connectivity index (χ1) is 7.81. The molecule has 0 unspecified atom stereocenters. The van der Waals surface area contributed by atoms with Crippen molar-refractivity contribution in [2.24, 2.45) is 5.73 Å². The standard InChI is InChI=1S/C13H23N3O/c1-5-16-11(8-10(2)15-16)9-12(17)6-7-13(3,4)14/h8H,5-7,9,14H2,1-4H3. The highest BCUT2D eigenvalue weighted by Gasteiger charge is 2.15. The van der Waals surface area contributed by atoms with Crippen molar-refractivity contribution in [3.63, 3.8) is 0 Å². The molecule has 4 nitrogen and oxygen atoms in total. The van der Waals surface area contributed by atoms with E-state index in [4.69, 9.17) is 5.73 Å². The minimum absolute atomic E-state index is 0.234. The van der Waals surface area contributed by atoms with Crippen molar-refractivity contribution in [3.05, 3.63) is 17.5 Å². The zero-order valence-electron chi connectivity index (χ0n) is 11.3. The summed E-state index contributed by atoms with van der Waals surface area (Å²) in [6, 6.07) is 1.98. The maximum atomic E-state index is 11.8. The van der Waals surface area contributed by atoms with Gasteiger partial charge < -0.3 is 5.73 Å². The second-order valence-corrected chi connectivity index (χ2v) is 5.30. The van der Waals surface area contributed by atoms with Crippen molar-refractivity contribution in [3.8, 4) is 0 Å². The van der Waals surface area contributed by atoms with Gasteiger partial charge >= 0.3 is 0 Å². The van der Waals surface area contributed by atoms with Gasteiger partial charge in [0.15, 0.2) is 0 Å². The van der Waals surface area contributed by atoms with E-state index in [0.717, 1.165) is 24.4 Å². The summed E-state index contributed by atoms with van der Waals surface area (Å²) in [4.78, 5) is 11.8. The lowest BCUT2D eigenvalue weighted by molar-refractivity contribution is -0.118. The molecule has 0 aliphatic rings. The zero-order valence-corrected chi connectivity index (χ0v) is 11.3. The summed E-state index contributed by atoms with van der Waals surface area (Å²) in [5, 5.41) is 4.33. The molecule has 0 atom stereocenters. The third-order valence-corrected chi connectivity index (χ3v) is 2.71. The number of nitrogens with two attached hydrogens (primary N) is 1. The Labute approximate surface area is 103 Å². The summed E-state index contributed by atoms with van der Waals surface area (Å²) < 4.78 is 1.89. The molecule has 0 aliphatic heterocycles. The van der Waals surface area contributed by atoms with Crippen molar-refractivity contribution in [2.75, 3.05) is 0 Å². The van der Waals surface area contributed by atoms with Crippen LogP contribution in [0.4, 0.5) is 0 Å². The molecule has 0 amide bonds. The first-order valence-electron chi connectivity index (χ1n) is 6.15. The third kappa shape index (κ3) is 4.69. The third-order valence-electron chi connectivity index (χ3n) is 2.71. The second kappa shape index (κ2) is 5.45. The highest BCUT2D eigenvalue weighted by Crippen LogP contribution is 2.11. The number of carbonyl (C=O) groups excluding carboxylic acids is 1. The van der Waals surface area contributed by atoms with Crippen LogP contribution in [0.5, 0.6) is 0 Å². The quantitative estimate of drug-likeness (QED) is 0.821. The Bertz CT molecular complexity index is 388. The molecule has 2 N–H and O–H groups in total. The summed E-state index contributed by atoms with van der Waals surface area (Å²) in [6.07, 6.45) is 1.73. The SMILES string of the molecule is CCn1nc(C)cc1CC(=O)CCC(C)(C)N. The maximum Gasteiger partial charge on any atom is 0.138 e. The molecule has 0 fully saturated rings. The Kier molecular flexibility index (Phi) is 4.46. The van der Waals surface area contributed by atoms with Crippen LogP contribution in [0.15, 0.2) is 6.07 Å². The summed E-state index contributed by atoms with van der Waals surface area (Å²) in [7, 11) is 0. The number of carbonyl (C=O) groups is 1. The van der Waals surface area contributed by atoms with Gasteiger partial charge in [-0.05, 0) is 40.2 Å². The van der Waals surface area contributed by atoms with Crippen LogP contribution in [0.3, 0.4) is 0 Å². The molecule has 0 saturated heterocycles. The molecule has 1 aromatic heterocycles. The molecule has 17 heavy (non-hydrogen) atoms. The van der Waals surface area contributed by atoms with Gasteiger partial charge in [-0.25, -0.2) is 0 Å². The number of aryl methyl sites for hydroxylation is 2. The van der Waals surface area contributed by atoms with Gasteiger partial charge in [-0.15, -0.1) is 0 Å². The first-order valence-corrected chi connectivity index (χ1v) is 6.15. The van der Waals surface area contributed by atoms with Gasteiger partial charge in [0.05, 0.1) is 5.69 Å². The van der Waals surface area contributed by atoms with Crippen LogP contribution >= 0.6 is 0 Å². The number of rotatable bonds is 6. The van der Waals surface area contributed by atoms with Crippen LogP contribution in [0.25, 0.3) is 0 Å². The van der Waals surface area contributed by atoms with Gasteiger partial charge in [0.2, 0.25) is 0 Å². The molecule has 1 heterocycles. The van der Waals surface area contributed by atoms with Crippen LogP contribution in [0.2, 0.25) is 0 Å². The maximum absolute atomic E-state index is 11.8. The predicted octanol–water partition coefficient (Wildman–Crippen LogP) is 1.84. The molecule has 1 aromatic rings. The smallest absolute Gasteiger partial charge is 0.138 e. The average molecular weight is 237 g/mol. The minimum atomic E-state index is -0.267. The molecule has 96 valence electrons. The van der Waals surface area contributed by atoms with Gasteiger partial charge in [-0.3, -0.25) is 9.48 Å². The van der Waals surface area contributed by atoms with Gasteiger partial charge in [-0.2, -0.15) is 5.10 Å². The number of nitrogens with zero attached hydrogens (tertiary/aromatic N) is 2. The van der Waals surface area contributed by atoms with Crippen LogP contribution in [0.1, 0.15) is 45.0 Å². The Morgan fingerprint density at radius 3 is 2.71 bits per heavy atom. The molecule has 0 bridgehead atoms. The number of ketones is 1. The van der Waals surface area contributed by atoms with E-state index in [-0.39, 0.29) is 11.3 Å². The largest absolute Gasteiger partial charge is 0.326 e. The molecule has 4 heteroatoms. The van der Waals surface area contributed by atoms with Crippen molar-refractivity contribution >= 4 is 5.78 Å². The summed E-state index contributed by atoms with van der Waals surface area (Å²) in [5.41, 5.74) is 7.57. The topological polar surface area (TPSA) is 60.9 Å². The van der Waals surface area contributed by atoms with Crippen LogP contribution < -0.4 is 5.73 Å². The Balaban J connectivity index is 2.56. The number of aromatic nitrogens is 2. The fraction of sp³-hybridized carbons (Fsp3) is 0.692. The molecular weight excluding hydrogens is 214 g/mol. The predicted molar refractivity (Wildman–Crippen MR) is 68.8 cm³/mol. The molecule has 0 aromatic carbocycles. The molecule has 0 radical (unpaired) electrons. The van der Waals surface area contributed by atoms with Crippen LogP contribution in [-0.4, -0.2) is 21.1 Å². The van der Waals surface area contributed by atoms with E-state index in [1.807, 2.05) is 38.4 Å². The minimum Gasteiger partial charge on any atom is -0.326 e. The van der Waals surface area contributed by atoms with Crippen LogP contribution in [0, 0.1) is 6.92 Å². The van der Waals surface area contributed by atoms with E-state index in [1.54, 1.807) is 0 Å². The lowest BCUT2D eigenvalue weighted by Crippen LogP contribution is -2.32. The van der Waals surface area contributed by atoms with E-state index < -0.39 is 0 Å². The number of hydrogen-bond donors (Lipinski definition) is 1. The molecule has 0 saturated carbocycles. The highest BCUT2D eigenvalue weighted by atomic mass is 16.1. The summed E-state index contributed by atoms with van der Waals surface area (Å²) in [6.45, 7) is 8.67. The van der Waals surface area contributed by atoms with Gasteiger partial charge in [0, 0.05) is 30.6 Å². The van der Waals surface area contributed by atoms with E-state index in [1.165, 1.54) is 0 Å². The van der Waals surface area contributed by atoms with Crippen molar-refractivity contribution in [1.82, 2.24) is 9.78 Å². The normalized spacial score (nSPS) is 11.8. The van der Waals surface area contributed by atoms with Crippen molar-refractivity contribution < 1.29 is 4.79 Å². The molecular formula is C13H23N3O. The van der Waals surface area contributed by atoms with Crippen molar-refractivity contribution in [1.29, 1.82) is 0 Å². The fourth-order valence-electron chi connectivity index (χ4n) is 1.77. The lowest BCUT2D eigenvalue weighted by Gasteiger charge is -2.17. The van der Waals surface area contributed by atoms with Gasteiger partial charge in [-0.1, -0.05) is 0 Å². The molecule has 0 aliphatic carbocycles. The van der Waals surface area contributed by atoms with Gasteiger partial charge in [0.1, 0.15) is 5.78 Å². The monoisotopic (exact) mass is 237 g/mol. The Morgan fingerprint density at radius 2 is 2.18 bits per heavy atom. The van der Waals surface area contributed by atoms with Crippen molar-refractivity contribution in [2.45, 2.75) is 59.0 Å². The number of hydrogen-bond acceptors (Lipinski definition) is 3. The number of Topliss-reactive ketones (excluding diaryl/α,β-unsaturated/α-hetero) is 1.